The summed E-state index contributed by atoms with van der Waals surface area (Å²) < 4.78 is 17.8. The molecule has 0 N–H and O–H groups in total. The Morgan fingerprint density at radius 3 is 2.33 bits per heavy atom. The second-order valence-electron chi connectivity index (χ2n) is 14.4. The molecule has 0 radical (unpaired) electrons. The Hall–Kier alpha value is -1.34. The van der Waals surface area contributed by atoms with Gasteiger partial charge in [-0.1, -0.05) is 53.1 Å². The number of imidazole rings is 1. The van der Waals surface area contributed by atoms with Gasteiger partial charge in [0.2, 0.25) is 0 Å². The molecule has 7 nitrogen and oxygen atoms in total. The second kappa shape index (κ2) is 10.8. The summed E-state index contributed by atoms with van der Waals surface area (Å²) in [4.78, 5) is 10.0. The molecule has 1 saturated carbocycles. The molecule has 1 fully saturated rings. The summed E-state index contributed by atoms with van der Waals surface area (Å²) in [7, 11) is -2.33. The van der Waals surface area contributed by atoms with Crippen LogP contribution in [0, 0.1) is 11.3 Å². The Balaban J connectivity index is 1.52. The Morgan fingerprint density at radius 1 is 1.03 bits per heavy atom. The van der Waals surface area contributed by atoms with Gasteiger partial charge in [-0.25, -0.2) is 14.6 Å². The van der Waals surface area contributed by atoms with E-state index in [1.165, 1.54) is 17.7 Å². The van der Waals surface area contributed by atoms with E-state index in [1.807, 2.05) is 0 Å². The number of hydrogen-bond donors (Lipinski definition) is 0. The number of ether oxygens (including phenoxy) is 2. The monoisotopic (exact) mass is 631 g/mol. The quantitative estimate of drug-likeness (QED) is 0.154. The Labute approximate surface area is 244 Å². The minimum atomic E-state index is -1.18. The molecule has 2 aliphatic carbocycles. The van der Waals surface area contributed by atoms with Gasteiger partial charge >= 0.3 is 0 Å². The van der Waals surface area contributed by atoms with Crippen LogP contribution in [0.5, 0.6) is 0 Å². The van der Waals surface area contributed by atoms with Crippen LogP contribution < -0.4 is 0 Å². The van der Waals surface area contributed by atoms with Gasteiger partial charge in [0.15, 0.2) is 11.5 Å². The summed E-state index contributed by atoms with van der Waals surface area (Å²) >= 11 is 3.75. The number of aryl methyl sites for hydroxylation is 1. The van der Waals surface area contributed by atoms with Crippen LogP contribution in [0.4, 0.5) is 0 Å². The molecule has 3 aromatic rings. The SMILES string of the molecule is CCc1nc2nc(-c3nn(COCC[Si](C)(C)C)c4c3C[C@@H]3C[C@]3(C)C4)n(COCC[Si](C)(C)C)c2cc1Br. The highest BCUT2D eigenvalue weighted by Crippen LogP contribution is 2.60. The first kappa shape index (κ1) is 29.2. The van der Waals surface area contributed by atoms with Crippen molar-refractivity contribution in [2.24, 2.45) is 11.3 Å². The third-order valence-corrected chi connectivity index (χ3v) is 12.6. The number of fused-ring (bicyclic) bond motifs is 3. The first-order valence-corrected chi connectivity index (χ1v) is 22.8. The molecule has 0 saturated heterocycles. The van der Waals surface area contributed by atoms with Gasteiger partial charge in [-0.3, -0.25) is 4.57 Å². The smallest absolute Gasteiger partial charge is 0.178 e. The van der Waals surface area contributed by atoms with E-state index in [2.05, 4.69) is 84.4 Å². The molecule has 3 aromatic heterocycles. The zero-order valence-electron chi connectivity index (χ0n) is 25.2. The van der Waals surface area contributed by atoms with Crippen molar-refractivity contribution in [1.82, 2.24) is 24.3 Å². The maximum atomic E-state index is 6.29. The van der Waals surface area contributed by atoms with E-state index in [1.54, 1.807) is 0 Å². The molecule has 0 aromatic carbocycles. The highest BCUT2D eigenvalue weighted by atomic mass is 79.9. The Bertz CT molecular complexity index is 1360. The van der Waals surface area contributed by atoms with E-state index in [-0.39, 0.29) is 0 Å². The maximum absolute atomic E-state index is 6.29. The summed E-state index contributed by atoms with van der Waals surface area (Å²) in [5.74, 6) is 1.60. The van der Waals surface area contributed by atoms with Crippen molar-refractivity contribution in [3.8, 4) is 11.5 Å². The first-order chi connectivity index (χ1) is 18.3. The molecule has 0 spiro atoms. The van der Waals surface area contributed by atoms with E-state index in [0.717, 1.165) is 83.3 Å². The Morgan fingerprint density at radius 2 is 1.69 bits per heavy atom. The lowest BCUT2D eigenvalue weighted by Crippen LogP contribution is -2.23. The Kier molecular flexibility index (Phi) is 8.09. The van der Waals surface area contributed by atoms with Crippen molar-refractivity contribution in [2.45, 2.75) is 104 Å². The maximum Gasteiger partial charge on any atom is 0.178 e. The van der Waals surface area contributed by atoms with Gasteiger partial charge in [0.25, 0.3) is 0 Å². The number of rotatable bonds is 12. The largest absolute Gasteiger partial charge is 0.361 e. The van der Waals surface area contributed by atoms with Crippen molar-refractivity contribution in [3.05, 3.63) is 27.5 Å². The van der Waals surface area contributed by atoms with Crippen molar-refractivity contribution < 1.29 is 9.47 Å². The standard InChI is InChI=1S/C29H46BrN5O2Si2/c1-9-23-22(30)15-24-27(31-23)32-28(34(24)18-36-10-12-38(3,4)5)26-21-14-20-16-29(20,2)17-25(21)35(33-26)19-37-11-13-39(6,7)8/h15,20H,9-14,16-19H2,1-8H3/t20-,29-/m1/s1. The van der Waals surface area contributed by atoms with Gasteiger partial charge in [-0.2, -0.15) is 5.10 Å². The van der Waals surface area contributed by atoms with Crippen molar-refractivity contribution in [2.75, 3.05) is 13.2 Å². The summed E-state index contributed by atoms with van der Waals surface area (Å²) in [6.07, 6.45) is 4.27. The van der Waals surface area contributed by atoms with E-state index in [4.69, 9.17) is 24.5 Å². The molecular weight excluding hydrogens is 586 g/mol. The van der Waals surface area contributed by atoms with E-state index < -0.39 is 16.1 Å². The van der Waals surface area contributed by atoms with Crippen LogP contribution in [0.2, 0.25) is 51.4 Å². The fourth-order valence-corrected chi connectivity index (χ4v) is 7.69. The molecule has 0 unspecified atom stereocenters. The lowest BCUT2D eigenvalue weighted by molar-refractivity contribution is 0.0756. The predicted molar refractivity (Wildman–Crippen MR) is 168 cm³/mol. The third-order valence-electron chi connectivity index (χ3n) is 8.47. The summed E-state index contributed by atoms with van der Waals surface area (Å²) in [6, 6.07) is 4.45. The predicted octanol–water partition coefficient (Wildman–Crippen LogP) is 7.37. The van der Waals surface area contributed by atoms with Gasteiger partial charge in [0.05, 0.1) is 11.2 Å². The molecule has 3 heterocycles. The fourth-order valence-electron chi connectivity index (χ4n) is 5.59. The number of nitrogens with zero attached hydrogens (tertiary/aromatic N) is 5. The molecule has 39 heavy (non-hydrogen) atoms. The van der Waals surface area contributed by atoms with Crippen LogP contribution in [0.1, 0.15) is 37.2 Å². The summed E-state index contributed by atoms with van der Waals surface area (Å²) in [6.45, 7) is 21.4. The molecule has 10 heteroatoms. The van der Waals surface area contributed by atoms with Crippen LogP contribution in [0.3, 0.4) is 0 Å². The van der Waals surface area contributed by atoms with Gasteiger partial charge < -0.3 is 9.47 Å². The van der Waals surface area contributed by atoms with Crippen LogP contribution in [0.15, 0.2) is 10.5 Å². The number of aromatic nitrogens is 5. The number of pyridine rings is 1. The van der Waals surface area contributed by atoms with Crippen LogP contribution >= 0.6 is 15.9 Å². The highest BCUT2D eigenvalue weighted by molar-refractivity contribution is 9.10. The molecular formula is C29H46BrN5O2Si2. The minimum absolute atomic E-state index is 0.406. The molecule has 214 valence electrons. The van der Waals surface area contributed by atoms with Crippen molar-refractivity contribution in [1.29, 1.82) is 0 Å². The lowest BCUT2D eigenvalue weighted by atomic mass is 9.87. The van der Waals surface area contributed by atoms with E-state index in [0.29, 0.717) is 18.9 Å². The molecule has 2 aliphatic rings. The zero-order chi connectivity index (χ0) is 28.2. The number of hydrogen-bond acceptors (Lipinski definition) is 5. The first-order valence-electron chi connectivity index (χ1n) is 14.6. The average Bonchev–Trinajstić information content (AvgIpc) is 3.21. The van der Waals surface area contributed by atoms with Crippen molar-refractivity contribution in [3.63, 3.8) is 0 Å². The molecule has 0 amide bonds. The molecule has 2 atom stereocenters. The third kappa shape index (κ3) is 6.45. The molecule has 0 aliphatic heterocycles. The summed E-state index contributed by atoms with van der Waals surface area (Å²) in [5.41, 5.74) is 6.84. The lowest BCUT2D eigenvalue weighted by Gasteiger charge is -2.20. The van der Waals surface area contributed by atoms with Crippen LogP contribution in [0.25, 0.3) is 22.7 Å². The zero-order valence-corrected chi connectivity index (χ0v) is 28.7. The van der Waals surface area contributed by atoms with Gasteiger partial charge in [-0.05, 0) is 71.1 Å². The fraction of sp³-hybridized carbons (Fsp3) is 0.690. The topological polar surface area (TPSA) is 67.0 Å². The average molecular weight is 633 g/mol. The van der Waals surface area contributed by atoms with Gasteiger partial charge in [0, 0.05) is 45.1 Å². The van der Waals surface area contributed by atoms with Gasteiger partial charge in [0.1, 0.15) is 19.2 Å². The number of halogens is 1. The highest BCUT2D eigenvalue weighted by Gasteiger charge is 2.54. The molecule has 5 rings (SSSR count). The van der Waals surface area contributed by atoms with Crippen molar-refractivity contribution >= 4 is 43.2 Å². The minimum Gasteiger partial charge on any atom is -0.361 e. The normalized spacial score (nSPS) is 20.9. The second-order valence-corrected chi connectivity index (χ2v) is 26.5. The van der Waals surface area contributed by atoms with E-state index in [9.17, 15) is 0 Å². The van der Waals surface area contributed by atoms with Gasteiger partial charge in [-0.15, -0.1) is 0 Å². The summed E-state index contributed by atoms with van der Waals surface area (Å²) in [5, 5.41) is 5.20. The van der Waals surface area contributed by atoms with Crippen LogP contribution in [-0.2, 0) is 42.2 Å². The van der Waals surface area contributed by atoms with E-state index >= 15 is 0 Å². The molecule has 0 bridgehead atoms. The van der Waals surface area contributed by atoms with Crippen LogP contribution in [-0.4, -0.2) is 53.7 Å².